The van der Waals surface area contributed by atoms with Crippen LogP contribution in [0.15, 0.2) is 47.1 Å². The lowest BCUT2D eigenvalue weighted by molar-refractivity contribution is -0.120. The van der Waals surface area contributed by atoms with Crippen molar-refractivity contribution in [2.24, 2.45) is 0 Å². The first-order valence-corrected chi connectivity index (χ1v) is 7.59. The fourth-order valence-corrected chi connectivity index (χ4v) is 1.92. The van der Waals surface area contributed by atoms with E-state index in [-0.39, 0.29) is 30.0 Å². The minimum absolute atomic E-state index is 0.125. The number of rotatable bonds is 8. The van der Waals surface area contributed by atoms with Gasteiger partial charge in [0, 0.05) is 24.9 Å². The molecule has 8 heteroatoms. The summed E-state index contributed by atoms with van der Waals surface area (Å²) in [4.78, 5) is 35.3. The van der Waals surface area contributed by atoms with Crippen LogP contribution < -0.4 is 16.0 Å². The van der Waals surface area contributed by atoms with Gasteiger partial charge in [0.1, 0.15) is 0 Å². The van der Waals surface area contributed by atoms with Gasteiger partial charge in [-0.15, -0.1) is 0 Å². The number of nitrogens with one attached hydrogen (secondary N) is 3. The molecule has 2 aromatic rings. The van der Waals surface area contributed by atoms with E-state index in [1.807, 2.05) is 0 Å². The standard InChI is InChI=1S/C17H19N3O5/c1-24-10-8-18-15(21)11-19-16(22)12-4-6-13(7-5-12)20-17(23)14-3-2-9-25-14/h2-7,9H,8,10-11H2,1H3,(H,18,21)(H,19,22)(H,20,23). The molecule has 1 aromatic heterocycles. The van der Waals surface area contributed by atoms with Crippen LogP contribution >= 0.6 is 0 Å². The van der Waals surface area contributed by atoms with E-state index in [1.54, 1.807) is 36.4 Å². The van der Waals surface area contributed by atoms with Crippen LogP contribution in [0.4, 0.5) is 5.69 Å². The van der Waals surface area contributed by atoms with Crippen LogP contribution in [0.5, 0.6) is 0 Å². The van der Waals surface area contributed by atoms with E-state index in [0.717, 1.165) is 0 Å². The number of anilines is 1. The number of hydrogen-bond acceptors (Lipinski definition) is 5. The van der Waals surface area contributed by atoms with Gasteiger partial charge in [-0.3, -0.25) is 14.4 Å². The Morgan fingerprint density at radius 1 is 1.04 bits per heavy atom. The Morgan fingerprint density at radius 2 is 1.80 bits per heavy atom. The van der Waals surface area contributed by atoms with Gasteiger partial charge in [0.2, 0.25) is 5.91 Å². The number of benzene rings is 1. The molecule has 1 heterocycles. The third kappa shape index (κ3) is 5.78. The number of ether oxygens (including phenoxy) is 1. The van der Waals surface area contributed by atoms with Crippen molar-refractivity contribution in [2.45, 2.75) is 0 Å². The highest BCUT2D eigenvalue weighted by Crippen LogP contribution is 2.11. The Hall–Kier alpha value is -3.13. The zero-order chi connectivity index (χ0) is 18.1. The molecule has 0 fully saturated rings. The Bertz CT molecular complexity index is 710. The second kappa shape index (κ2) is 9.24. The average Bonchev–Trinajstić information content (AvgIpc) is 3.15. The molecule has 3 N–H and O–H groups in total. The molecule has 0 radical (unpaired) electrons. The minimum atomic E-state index is -0.384. The molecule has 0 bridgehead atoms. The Kier molecular flexibility index (Phi) is 6.73. The summed E-state index contributed by atoms with van der Waals surface area (Å²) in [7, 11) is 1.54. The lowest BCUT2D eigenvalue weighted by atomic mass is 10.2. The van der Waals surface area contributed by atoms with Crippen LogP contribution in [-0.2, 0) is 9.53 Å². The summed E-state index contributed by atoms with van der Waals surface area (Å²) in [6, 6.07) is 9.46. The summed E-state index contributed by atoms with van der Waals surface area (Å²) in [6.45, 7) is 0.666. The molecule has 0 unspecified atom stereocenters. The quantitative estimate of drug-likeness (QED) is 0.619. The number of carbonyl (C=O) groups excluding carboxylic acids is 3. The van der Waals surface area contributed by atoms with Crippen LogP contribution in [0.25, 0.3) is 0 Å². The fourth-order valence-electron chi connectivity index (χ4n) is 1.92. The van der Waals surface area contributed by atoms with Gasteiger partial charge in [0.05, 0.1) is 19.4 Å². The summed E-state index contributed by atoms with van der Waals surface area (Å²) >= 11 is 0. The van der Waals surface area contributed by atoms with E-state index < -0.39 is 0 Å². The lowest BCUT2D eigenvalue weighted by Crippen LogP contribution is -2.38. The molecule has 3 amide bonds. The van der Waals surface area contributed by atoms with Crippen molar-refractivity contribution in [1.82, 2.24) is 10.6 Å². The molecule has 132 valence electrons. The van der Waals surface area contributed by atoms with E-state index in [9.17, 15) is 14.4 Å². The normalized spacial score (nSPS) is 10.1. The minimum Gasteiger partial charge on any atom is -0.459 e. The molecule has 0 spiro atoms. The maximum Gasteiger partial charge on any atom is 0.291 e. The summed E-state index contributed by atoms with van der Waals surface area (Å²) < 4.78 is 9.81. The van der Waals surface area contributed by atoms with Crippen molar-refractivity contribution in [3.63, 3.8) is 0 Å². The molecule has 0 aliphatic carbocycles. The Balaban J connectivity index is 1.81. The molecule has 0 saturated carbocycles. The van der Waals surface area contributed by atoms with Gasteiger partial charge >= 0.3 is 0 Å². The van der Waals surface area contributed by atoms with Gasteiger partial charge in [0.15, 0.2) is 5.76 Å². The van der Waals surface area contributed by atoms with Crippen LogP contribution in [-0.4, -0.2) is 44.5 Å². The summed E-state index contributed by atoms with van der Waals surface area (Å²) in [6.07, 6.45) is 1.41. The molecule has 0 saturated heterocycles. The number of carbonyl (C=O) groups is 3. The van der Waals surface area contributed by atoms with Gasteiger partial charge in [-0.2, -0.15) is 0 Å². The zero-order valence-corrected chi connectivity index (χ0v) is 13.7. The van der Waals surface area contributed by atoms with Gasteiger partial charge < -0.3 is 25.1 Å². The highest BCUT2D eigenvalue weighted by molar-refractivity contribution is 6.02. The van der Waals surface area contributed by atoms with Crippen molar-refractivity contribution in [1.29, 1.82) is 0 Å². The predicted molar refractivity (Wildman–Crippen MR) is 90.3 cm³/mol. The highest BCUT2D eigenvalue weighted by Gasteiger charge is 2.10. The van der Waals surface area contributed by atoms with Gasteiger partial charge in [-0.25, -0.2) is 0 Å². The van der Waals surface area contributed by atoms with Crippen LogP contribution in [0, 0.1) is 0 Å². The van der Waals surface area contributed by atoms with Crippen molar-refractivity contribution in [3.8, 4) is 0 Å². The van der Waals surface area contributed by atoms with Crippen molar-refractivity contribution in [3.05, 3.63) is 54.0 Å². The van der Waals surface area contributed by atoms with E-state index in [1.165, 1.54) is 13.4 Å². The summed E-state index contributed by atoms with van der Waals surface area (Å²) in [5.41, 5.74) is 0.899. The maximum atomic E-state index is 12.0. The van der Waals surface area contributed by atoms with Crippen molar-refractivity contribution in [2.75, 3.05) is 32.1 Å². The second-order valence-corrected chi connectivity index (χ2v) is 5.03. The van der Waals surface area contributed by atoms with E-state index in [2.05, 4.69) is 16.0 Å². The average molecular weight is 345 g/mol. The summed E-state index contributed by atoms with van der Waals surface area (Å²) in [5, 5.41) is 7.76. The molecule has 8 nitrogen and oxygen atoms in total. The molecule has 1 aromatic carbocycles. The number of hydrogen-bond donors (Lipinski definition) is 3. The maximum absolute atomic E-state index is 12.0. The molecular formula is C17H19N3O5. The Labute approximate surface area is 144 Å². The molecule has 0 aliphatic heterocycles. The molecule has 0 atom stereocenters. The number of amides is 3. The lowest BCUT2D eigenvalue weighted by Gasteiger charge is -2.07. The van der Waals surface area contributed by atoms with Crippen LogP contribution in [0.3, 0.4) is 0 Å². The largest absolute Gasteiger partial charge is 0.459 e. The molecule has 0 aliphatic rings. The van der Waals surface area contributed by atoms with Gasteiger partial charge in [-0.05, 0) is 36.4 Å². The summed E-state index contributed by atoms with van der Waals surface area (Å²) in [5.74, 6) is -0.866. The van der Waals surface area contributed by atoms with E-state index in [0.29, 0.717) is 24.4 Å². The van der Waals surface area contributed by atoms with E-state index >= 15 is 0 Å². The monoisotopic (exact) mass is 345 g/mol. The first kappa shape index (κ1) is 18.2. The molecule has 2 rings (SSSR count). The third-order valence-electron chi connectivity index (χ3n) is 3.19. The topological polar surface area (TPSA) is 110 Å². The van der Waals surface area contributed by atoms with Crippen molar-refractivity contribution >= 4 is 23.4 Å². The van der Waals surface area contributed by atoms with Crippen molar-refractivity contribution < 1.29 is 23.5 Å². The predicted octanol–water partition coefficient (Wildman–Crippen LogP) is 1.02. The number of methoxy groups -OCH3 is 1. The first-order valence-electron chi connectivity index (χ1n) is 7.59. The van der Waals surface area contributed by atoms with Gasteiger partial charge in [0.25, 0.3) is 11.8 Å². The van der Waals surface area contributed by atoms with Crippen LogP contribution in [0.1, 0.15) is 20.9 Å². The first-order chi connectivity index (χ1) is 12.1. The van der Waals surface area contributed by atoms with Crippen LogP contribution in [0.2, 0.25) is 0 Å². The van der Waals surface area contributed by atoms with Gasteiger partial charge in [-0.1, -0.05) is 0 Å². The third-order valence-corrected chi connectivity index (χ3v) is 3.19. The SMILES string of the molecule is COCCNC(=O)CNC(=O)c1ccc(NC(=O)c2ccco2)cc1. The molecule has 25 heavy (non-hydrogen) atoms. The smallest absolute Gasteiger partial charge is 0.291 e. The molecular weight excluding hydrogens is 326 g/mol. The zero-order valence-electron chi connectivity index (χ0n) is 13.7. The highest BCUT2D eigenvalue weighted by atomic mass is 16.5. The Morgan fingerprint density at radius 3 is 2.44 bits per heavy atom. The second-order valence-electron chi connectivity index (χ2n) is 5.03. The fraction of sp³-hybridized carbons (Fsp3) is 0.235. The van der Waals surface area contributed by atoms with E-state index in [4.69, 9.17) is 9.15 Å². The number of furan rings is 1.